The Labute approximate surface area is 125 Å². The summed E-state index contributed by atoms with van der Waals surface area (Å²) >= 11 is 0. The Morgan fingerprint density at radius 2 is 1.19 bits per heavy atom. The van der Waals surface area contributed by atoms with Gasteiger partial charge in [0.25, 0.3) is 0 Å². The molecule has 0 spiro atoms. The van der Waals surface area contributed by atoms with Crippen LogP contribution in [0.5, 0.6) is 0 Å². The van der Waals surface area contributed by atoms with Crippen LogP contribution in [0.3, 0.4) is 0 Å². The molecule has 4 nitrogen and oxygen atoms in total. The van der Waals surface area contributed by atoms with E-state index in [0.29, 0.717) is 0 Å². The van der Waals surface area contributed by atoms with E-state index in [-0.39, 0.29) is 13.2 Å². The normalized spacial score (nSPS) is 11.8. The number of rotatable bonds is 7. The molecule has 0 amide bonds. The molecule has 0 aliphatic heterocycles. The molecule has 0 aliphatic rings. The average Bonchev–Trinajstić information content (AvgIpc) is 2.53. The molecule has 0 atom stereocenters. The molecular formula is C16H20NO3P. The summed E-state index contributed by atoms with van der Waals surface area (Å²) in [5.41, 5.74) is 1.92. The maximum absolute atomic E-state index is 12.7. The van der Waals surface area contributed by atoms with Crippen LogP contribution < -0.4 is 0 Å². The molecule has 112 valence electrons. The lowest BCUT2D eigenvalue weighted by atomic mass is 10.2. The maximum atomic E-state index is 12.7. The van der Waals surface area contributed by atoms with Crippen LogP contribution >= 0.6 is 7.75 Å². The smallest absolute Gasteiger partial charge is 0.292 e. The van der Waals surface area contributed by atoms with Gasteiger partial charge in [0.1, 0.15) is 0 Å². The third kappa shape index (κ3) is 4.80. The fourth-order valence-corrected chi connectivity index (χ4v) is 2.89. The van der Waals surface area contributed by atoms with Gasteiger partial charge in [-0.3, -0.25) is 9.05 Å². The monoisotopic (exact) mass is 305 g/mol. The zero-order valence-corrected chi connectivity index (χ0v) is 13.2. The van der Waals surface area contributed by atoms with E-state index < -0.39 is 7.75 Å². The minimum absolute atomic E-state index is 0.255. The summed E-state index contributed by atoms with van der Waals surface area (Å²) < 4.78 is 25.4. The number of hydrogen-bond acceptors (Lipinski definition) is 3. The quantitative estimate of drug-likeness (QED) is 0.722. The highest BCUT2D eigenvalue weighted by molar-refractivity contribution is 7.51. The molecule has 2 rings (SSSR count). The van der Waals surface area contributed by atoms with Crippen molar-refractivity contribution in [3.05, 3.63) is 71.8 Å². The first-order chi connectivity index (χ1) is 10.1. The van der Waals surface area contributed by atoms with Crippen molar-refractivity contribution in [1.82, 2.24) is 4.67 Å². The molecule has 5 heteroatoms. The number of benzene rings is 2. The van der Waals surface area contributed by atoms with Gasteiger partial charge in [-0.15, -0.1) is 0 Å². The molecule has 21 heavy (non-hydrogen) atoms. The lowest BCUT2D eigenvalue weighted by molar-refractivity contribution is 0.159. The van der Waals surface area contributed by atoms with Crippen molar-refractivity contribution in [3.8, 4) is 0 Å². The third-order valence-electron chi connectivity index (χ3n) is 2.96. The van der Waals surface area contributed by atoms with Crippen molar-refractivity contribution in [2.24, 2.45) is 0 Å². The van der Waals surface area contributed by atoms with Gasteiger partial charge >= 0.3 is 7.75 Å². The molecule has 0 saturated carbocycles. The van der Waals surface area contributed by atoms with Gasteiger partial charge in [-0.2, -0.15) is 0 Å². The first-order valence-electron chi connectivity index (χ1n) is 6.75. The molecule has 2 aromatic carbocycles. The Kier molecular flexibility index (Phi) is 5.71. The molecular weight excluding hydrogens is 285 g/mol. The van der Waals surface area contributed by atoms with Gasteiger partial charge in [0, 0.05) is 0 Å². The minimum atomic E-state index is -3.29. The van der Waals surface area contributed by atoms with E-state index in [1.807, 2.05) is 60.7 Å². The molecule has 0 aromatic heterocycles. The molecule has 0 fully saturated rings. The van der Waals surface area contributed by atoms with Gasteiger partial charge in [-0.05, 0) is 25.2 Å². The Hall–Kier alpha value is -1.45. The van der Waals surface area contributed by atoms with Gasteiger partial charge in [0.15, 0.2) is 0 Å². The molecule has 0 aliphatic carbocycles. The zero-order chi connectivity index (χ0) is 15.1. The zero-order valence-electron chi connectivity index (χ0n) is 12.3. The summed E-state index contributed by atoms with van der Waals surface area (Å²) in [5.74, 6) is 0. The second-order valence-corrected chi connectivity index (χ2v) is 7.09. The molecule has 2 aromatic rings. The summed E-state index contributed by atoms with van der Waals surface area (Å²) in [5, 5.41) is 0. The molecule has 0 radical (unpaired) electrons. The first-order valence-corrected chi connectivity index (χ1v) is 8.24. The van der Waals surface area contributed by atoms with Gasteiger partial charge < -0.3 is 0 Å². The fourth-order valence-electron chi connectivity index (χ4n) is 1.73. The van der Waals surface area contributed by atoms with E-state index in [0.717, 1.165) is 11.1 Å². The van der Waals surface area contributed by atoms with Crippen LogP contribution in [0.15, 0.2) is 60.7 Å². The van der Waals surface area contributed by atoms with Gasteiger partial charge in [0.05, 0.1) is 13.2 Å². The van der Waals surface area contributed by atoms with Crippen LogP contribution in [0, 0.1) is 0 Å². The van der Waals surface area contributed by atoms with Gasteiger partial charge in [0.2, 0.25) is 0 Å². The molecule has 0 N–H and O–H groups in total. The van der Waals surface area contributed by atoms with E-state index in [1.165, 1.54) is 4.67 Å². The van der Waals surface area contributed by atoms with E-state index in [1.54, 1.807) is 14.1 Å². The topological polar surface area (TPSA) is 38.8 Å². The second kappa shape index (κ2) is 7.53. The van der Waals surface area contributed by atoms with Crippen molar-refractivity contribution < 1.29 is 13.6 Å². The molecule has 0 heterocycles. The second-order valence-electron chi connectivity index (χ2n) is 4.83. The number of hydrogen-bond donors (Lipinski definition) is 0. The Balaban J connectivity index is 1.98. The van der Waals surface area contributed by atoms with E-state index in [4.69, 9.17) is 9.05 Å². The van der Waals surface area contributed by atoms with Crippen molar-refractivity contribution in [2.75, 3.05) is 14.1 Å². The van der Waals surface area contributed by atoms with E-state index in [9.17, 15) is 4.57 Å². The molecule has 0 saturated heterocycles. The third-order valence-corrected chi connectivity index (χ3v) is 4.85. The van der Waals surface area contributed by atoms with Gasteiger partial charge in [-0.1, -0.05) is 60.7 Å². The van der Waals surface area contributed by atoms with Crippen LogP contribution in [0.25, 0.3) is 0 Å². The Morgan fingerprint density at radius 1 is 0.810 bits per heavy atom. The van der Waals surface area contributed by atoms with Crippen molar-refractivity contribution in [3.63, 3.8) is 0 Å². The van der Waals surface area contributed by atoms with Crippen molar-refractivity contribution in [1.29, 1.82) is 0 Å². The van der Waals surface area contributed by atoms with Crippen LogP contribution in [0.2, 0.25) is 0 Å². The van der Waals surface area contributed by atoms with Crippen LogP contribution in [0.4, 0.5) is 0 Å². The molecule has 0 bridgehead atoms. The summed E-state index contributed by atoms with van der Waals surface area (Å²) in [6, 6.07) is 19.3. The Bertz CT molecular complexity index is 539. The Morgan fingerprint density at radius 3 is 1.52 bits per heavy atom. The SMILES string of the molecule is CN(C)P(=O)(OCc1ccccc1)OCc1ccccc1. The summed E-state index contributed by atoms with van der Waals surface area (Å²) in [4.78, 5) is 0. The summed E-state index contributed by atoms with van der Waals surface area (Å²) in [7, 11) is 0.0936. The van der Waals surface area contributed by atoms with E-state index in [2.05, 4.69) is 0 Å². The minimum Gasteiger partial charge on any atom is -0.292 e. The summed E-state index contributed by atoms with van der Waals surface area (Å²) in [6.07, 6.45) is 0. The lowest BCUT2D eigenvalue weighted by Gasteiger charge is -2.23. The lowest BCUT2D eigenvalue weighted by Crippen LogP contribution is -2.13. The predicted molar refractivity (Wildman–Crippen MR) is 83.8 cm³/mol. The highest BCUT2D eigenvalue weighted by Gasteiger charge is 2.28. The highest BCUT2D eigenvalue weighted by Crippen LogP contribution is 2.51. The van der Waals surface area contributed by atoms with Gasteiger partial charge in [-0.25, -0.2) is 9.24 Å². The van der Waals surface area contributed by atoms with Crippen molar-refractivity contribution in [2.45, 2.75) is 13.2 Å². The maximum Gasteiger partial charge on any atom is 0.408 e. The molecule has 0 unspecified atom stereocenters. The van der Waals surface area contributed by atoms with Crippen LogP contribution in [-0.2, 0) is 26.8 Å². The predicted octanol–water partition coefficient (Wildman–Crippen LogP) is 4.09. The summed E-state index contributed by atoms with van der Waals surface area (Å²) in [6.45, 7) is 0.510. The highest BCUT2D eigenvalue weighted by atomic mass is 31.2. The largest absolute Gasteiger partial charge is 0.408 e. The van der Waals surface area contributed by atoms with Crippen molar-refractivity contribution >= 4 is 7.75 Å². The standard InChI is InChI=1S/C16H20NO3P/c1-17(2)21(18,19-13-15-9-5-3-6-10-15)20-14-16-11-7-4-8-12-16/h3-12H,13-14H2,1-2H3. The first kappa shape index (κ1) is 15.9. The number of nitrogens with zero attached hydrogens (tertiary/aromatic N) is 1. The van der Waals surface area contributed by atoms with E-state index >= 15 is 0 Å². The van der Waals surface area contributed by atoms with Crippen LogP contribution in [-0.4, -0.2) is 18.8 Å². The average molecular weight is 305 g/mol. The fraction of sp³-hybridized carbons (Fsp3) is 0.250. The van der Waals surface area contributed by atoms with Crippen LogP contribution in [0.1, 0.15) is 11.1 Å².